The monoisotopic (exact) mass is 187 g/mol. The minimum absolute atomic E-state index is 0.708. The van der Waals surface area contributed by atoms with Crippen molar-refractivity contribution in [2.45, 2.75) is 0 Å². The molecule has 0 aromatic carbocycles. The second-order valence-electron chi connectivity index (χ2n) is 2.11. The summed E-state index contributed by atoms with van der Waals surface area (Å²) in [6.07, 6.45) is 0. The highest BCUT2D eigenvalue weighted by atomic mass is 19.1. The minimum atomic E-state index is -1.81. The number of aliphatic carboxylic acids is 1. The maximum Gasteiger partial charge on any atom is 0.377 e. The zero-order valence-corrected chi connectivity index (χ0v) is 6.12. The molecule has 0 saturated carbocycles. The molecule has 68 valence electrons. The topological polar surface area (TPSA) is 67.3 Å². The van der Waals surface area contributed by atoms with Gasteiger partial charge in [-0.2, -0.15) is 13.8 Å². The zero-order valence-electron chi connectivity index (χ0n) is 6.12. The fourth-order valence-corrected chi connectivity index (χ4v) is 0.697. The van der Waals surface area contributed by atoms with E-state index < -0.39 is 29.2 Å². The summed E-state index contributed by atoms with van der Waals surface area (Å²) in [5.74, 6) is -5.80. The Kier molecular flexibility index (Phi) is 2.32. The molecule has 1 rings (SSSR count). The Balaban J connectivity index is 3.16. The molecule has 1 N–H and O–H groups in total. The normalized spacial score (nSPS) is 9.69. The number of hydrogen-bond donors (Lipinski definition) is 1. The Morgan fingerprint density at radius 3 is 2.38 bits per heavy atom. The Hall–Kier alpha value is -1.85. The van der Waals surface area contributed by atoms with E-state index >= 15 is 0 Å². The molecule has 0 saturated heterocycles. The number of carbonyl (C=O) groups excluding carboxylic acids is 1. The predicted octanol–water partition coefficient (Wildman–Crippen LogP) is 0.627. The number of carboxylic acids is 1. The Morgan fingerprint density at radius 1 is 1.31 bits per heavy atom. The lowest BCUT2D eigenvalue weighted by Crippen LogP contribution is -2.15. The van der Waals surface area contributed by atoms with Crippen molar-refractivity contribution in [3.8, 4) is 0 Å². The number of carbonyl (C=O) groups is 2. The van der Waals surface area contributed by atoms with Crippen LogP contribution in [-0.4, -0.2) is 21.8 Å². The van der Waals surface area contributed by atoms with Crippen molar-refractivity contribution in [2.75, 3.05) is 0 Å². The van der Waals surface area contributed by atoms with Crippen LogP contribution in [-0.2, 0) is 4.79 Å². The number of nitrogens with zero attached hydrogens (tertiary/aromatic N) is 1. The van der Waals surface area contributed by atoms with Crippen LogP contribution in [0.25, 0.3) is 0 Å². The van der Waals surface area contributed by atoms with Crippen LogP contribution < -0.4 is 0 Å². The van der Waals surface area contributed by atoms with Gasteiger partial charge in [0.05, 0.1) is 5.56 Å². The van der Waals surface area contributed by atoms with E-state index in [0.717, 1.165) is 6.07 Å². The van der Waals surface area contributed by atoms with E-state index in [1.165, 1.54) is 0 Å². The lowest BCUT2D eigenvalue weighted by Gasteiger charge is -1.96. The zero-order chi connectivity index (χ0) is 10.0. The molecule has 0 bridgehead atoms. The average molecular weight is 187 g/mol. The van der Waals surface area contributed by atoms with Gasteiger partial charge in [0, 0.05) is 0 Å². The lowest BCUT2D eigenvalue weighted by atomic mass is 10.2. The van der Waals surface area contributed by atoms with E-state index in [2.05, 4.69) is 4.98 Å². The van der Waals surface area contributed by atoms with Crippen LogP contribution in [0.2, 0.25) is 0 Å². The van der Waals surface area contributed by atoms with Crippen LogP contribution in [0.15, 0.2) is 12.1 Å². The first kappa shape index (κ1) is 9.24. The van der Waals surface area contributed by atoms with Crippen molar-refractivity contribution in [1.82, 2.24) is 4.98 Å². The predicted molar refractivity (Wildman–Crippen MR) is 36.1 cm³/mol. The third kappa shape index (κ3) is 1.84. The van der Waals surface area contributed by atoms with Crippen molar-refractivity contribution in [1.29, 1.82) is 0 Å². The minimum Gasteiger partial charge on any atom is -0.475 e. The molecule has 0 aliphatic carbocycles. The third-order valence-electron chi connectivity index (χ3n) is 1.25. The first-order chi connectivity index (χ1) is 6.02. The highest BCUT2D eigenvalue weighted by Crippen LogP contribution is 2.06. The lowest BCUT2D eigenvalue weighted by molar-refractivity contribution is -0.131. The number of pyridine rings is 1. The summed E-state index contributed by atoms with van der Waals surface area (Å²) >= 11 is 0. The Morgan fingerprint density at radius 2 is 1.92 bits per heavy atom. The first-order valence-electron chi connectivity index (χ1n) is 3.12. The quantitative estimate of drug-likeness (QED) is 0.418. The van der Waals surface area contributed by atoms with E-state index in [9.17, 15) is 18.4 Å². The van der Waals surface area contributed by atoms with Gasteiger partial charge in [0.1, 0.15) is 0 Å². The number of Topliss-reactive ketones (excluding diaryl/α,β-unsaturated/α-hetero) is 1. The van der Waals surface area contributed by atoms with Gasteiger partial charge in [-0.3, -0.25) is 4.79 Å². The van der Waals surface area contributed by atoms with Gasteiger partial charge in [-0.25, -0.2) is 4.79 Å². The number of halogens is 2. The van der Waals surface area contributed by atoms with Crippen molar-refractivity contribution in [2.24, 2.45) is 0 Å². The van der Waals surface area contributed by atoms with Crippen molar-refractivity contribution < 1.29 is 23.5 Å². The van der Waals surface area contributed by atoms with Gasteiger partial charge in [0.2, 0.25) is 11.9 Å². The van der Waals surface area contributed by atoms with Gasteiger partial charge in [-0.1, -0.05) is 0 Å². The van der Waals surface area contributed by atoms with E-state index in [0.29, 0.717) is 6.07 Å². The molecule has 0 unspecified atom stereocenters. The molecule has 0 amide bonds. The van der Waals surface area contributed by atoms with Crippen LogP contribution >= 0.6 is 0 Å². The van der Waals surface area contributed by atoms with Gasteiger partial charge in [0.15, 0.2) is 0 Å². The Labute approximate surface area is 70.8 Å². The Bertz CT molecular complexity index is 378. The number of aromatic nitrogens is 1. The van der Waals surface area contributed by atoms with Crippen LogP contribution in [0.5, 0.6) is 0 Å². The molecular formula is C7H3F2NO3. The summed E-state index contributed by atoms with van der Waals surface area (Å²) < 4.78 is 24.8. The van der Waals surface area contributed by atoms with Gasteiger partial charge >= 0.3 is 5.97 Å². The molecule has 4 nitrogen and oxygen atoms in total. The molecule has 1 aromatic heterocycles. The fraction of sp³-hybridized carbons (Fsp3) is 0. The second-order valence-corrected chi connectivity index (χ2v) is 2.11. The van der Waals surface area contributed by atoms with Crippen LogP contribution in [0.1, 0.15) is 10.4 Å². The van der Waals surface area contributed by atoms with Crippen molar-refractivity contribution in [3.05, 3.63) is 29.6 Å². The molecule has 13 heavy (non-hydrogen) atoms. The maximum absolute atomic E-state index is 12.6. The summed E-state index contributed by atoms with van der Waals surface area (Å²) in [6, 6.07) is 1.44. The maximum atomic E-state index is 12.6. The summed E-state index contributed by atoms with van der Waals surface area (Å²) in [4.78, 5) is 23.4. The number of rotatable bonds is 2. The summed E-state index contributed by atoms with van der Waals surface area (Å²) in [5, 5.41) is 8.19. The van der Waals surface area contributed by atoms with E-state index in [1.54, 1.807) is 0 Å². The van der Waals surface area contributed by atoms with E-state index in [-0.39, 0.29) is 0 Å². The highest BCUT2D eigenvalue weighted by Gasteiger charge is 2.19. The molecule has 0 fully saturated rings. The molecule has 0 spiro atoms. The number of carboxylic acid groups (broad SMARTS) is 1. The van der Waals surface area contributed by atoms with Crippen LogP contribution in [0, 0.1) is 11.9 Å². The standard InChI is InChI=1S/C7H3F2NO3/c8-4-2-1-3(6(9)10-4)5(11)7(12)13/h1-2H,(H,12,13). The molecule has 0 aliphatic heterocycles. The third-order valence-corrected chi connectivity index (χ3v) is 1.25. The molecule has 6 heteroatoms. The van der Waals surface area contributed by atoms with Crippen LogP contribution in [0.4, 0.5) is 8.78 Å². The summed E-state index contributed by atoms with van der Waals surface area (Å²) in [7, 11) is 0. The molecule has 1 aromatic rings. The average Bonchev–Trinajstić information content (AvgIpc) is 2.03. The SMILES string of the molecule is O=C(O)C(=O)c1ccc(F)nc1F. The fourth-order valence-electron chi connectivity index (χ4n) is 0.697. The van der Waals surface area contributed by atoms with Gasteiger partial charge in [0.25, 0.3) is 5.78 Å². The second kappa shape index (κ2) is 3.26. The molecule has 0 atom stereocenters. The highest BCUT2D eigenvalue weighted by molar-refractivity contribution is 6.39. The van der Waals surface area contributed by atoms with Crippen molar-refractivity contribution >= 4 is 11.8 Å². The number of hydrogen-bond acceptors (Lipinski definition) is 3. The largest absolute Gasteiger partial charge is 0.475 e. The van der Waals surface area contributed by atoms with Crippen LogP contribution in [0.3, 0.4) is 0 Å². The van der Waals surface area contributed by atoms with Crippen molar-refractivity contribution in [3.63, 3.8) is 0 Å². The number of ketones is 1. The molecule has 0 radical (unpaired) electrons. The summed E-state index contributed by atoms with van der Waals surface area (Å²) in [6.45, 7) is 0. The molecular weight excluding hydrogens is 184 g/mol. The van der Waals surface area contributed by atoms with Gasteiger partial charge in [-0.15, -0.1) is 0 Å². The first-order valence-corrected chi connectivity index (χ1v) is 3.12. The summed E-state index contributed by atoms with van der Waals surface area (Å²) in [5.41, 5.74) is -0.756. The molecule has 0 aliphatic rings. The van der Waals surface area contributed by atoms with E-state index in [4.69, 9.17) is 5.11 Å². The van der Waals surface area contributed by atoms with Gasteiger partial charge in [-0.05, 0) is 12.1 Å². The van der Waals surface area contributed by atoms with Gasteiger partial charge < -0.3 is 5.11 Å². The van der Waals surface area contributed by atoms with E-state index in [1.807, 2.05) is 0 Å². The molecule has 1 heterocycles. The smallest absolute Gasteiger partial charge is 0.377 e.